The Kier molecular flexibility index (Phi) is 13.8. The van der Waals surface area contributed by atoms with E-state index in [1.165, 1.54) is 25.7 Å². The van der Waals surface area contributed by atoms with E-state index >= 15 is 0 Å². The van der Waals surface area contributed by atoms with Crippen molar-refractivity contribution in [3.05, 3.63) is 84.0 Å². The molecule has 4 aliphatic rings. The van der Waals surface area contributed by atoms with Crippen LogP contribution in [-0.2, 0) is 16.2 Å². The summed E-state index contributed by atoms with van der Waals surface area (Å²) in [6.07, 6.45) is 14.1. The largest absolute Gasteiger partial charge is 0.460 e. The van der Waals surface area contributed by atoms with E-state index in [4.69, 9.17) is 24.2 Å². The molecule has 2 fully saturated rings. The first-order chi connectivity index (χ1) is 25.5. The van der Waals surface area contributed by atoms with Gasteiger partial charge in [0.15, 0.2) is 0 Å². The summed E-state index contributed by atoms with van der Waals surface area (Å²) in [4.78, 5) is 18.8. The van der Waals surface area contributed by atoms with Gasteiger partial charge in [0, 0.05) is 42.9 Å². The van der Waals surface area contributed by atoms with Crippen molar-refractivity contribution in [3.8, 4) is 11.5 Å². The molecule has 282 valence electrons. The molecule has 9 nitrogen and oxygen atoms in total. The van der Waals surface area contributed by atoms with Crippen molar-refractivity contribution in [1.82, 2.24) is 5.32 Å². The molecule has 0 spiro atoms. The summed E-state index contributed by atoms with van der Waals surface area (Å²) in [6, 6.07) is 15.8. The number of allylic oxidation sites excluding steroid dienone is 1. The van der Waals surface area contributed by atoms with Crippen molar-refractivity contribution in [2.45, 2.75) is 106 Å². The third-order valence-electron chi connectivity index (χ3n) is 11.1. The van der Waals surface area contributed by atoms with Crippen LogP contribution in [-0.4, -0.2) is 64.7 Å². The average Bonchev–Trinajstić information content (AvgIpc) is 3.67. The quantitative estimate of drug-likeness (QED) is 0.0796. The van der Waals surface area contributed by atoms with Crippen molar-refractivity contribution < 1.29 is 34.1 Å². The number of unbranched alkanes of at least 4 members (excludes halogenated alkanes) is 2. The number of hydrogen-bond donors (Lipinski definition) is 3. The summed E-state index contributed by atoms with van der Waals surface area (Å²) in [6.45, 7) is 7.36. The fourth-order valence-electron chi connectivity index (χ4n) is 8.81. The normalized spacial score (nSPS) is 27.2. The SMILES string of the molecule is C=CCOC12Oc3ccc(OC(=O)NCC)cc3C3C(CCCCO)C(CCCCO)C=C(C(=NOCc4ccccc4)CC1SC1CCCC1)C32. The van der Waals surface area contributed by atoms with E-state index in [9.17, 15) is 15.0 Å². The van der Waals surface area contributed by atoms with Gasteiger partial charge in [0.05, 0.1) is 23.5 Å². The van der Waals surface area contributed by atoms with Crippen molar-refractivity contribution in [3.63, 3.8) is 0 Å². The van der Waals surface area contributed by atoms with Crippen molar-refractivity contribution in [2.24, 2.45) is 22.9 Å². The Hall–Kier alpha value is -3.31. The molecule has 3 N–H and O–H groups in total. The van der Waals surface area contributed by atoms with E-state index in [1.807, 2.05) is 61.2 Å². The number of hydrogen-bond acceptors (Lipinski definition) is 9. The number of carbonyl (C=O) groups is 1. The van der Waals surface area contributed by atoms with E-state index in [0.29, 0.717) is 37.2 Å². The van der Waals surface area contributed by atoms with E-state index in [2.05, 4.69) is 18.0 Å². The lowest BCUT2D eigenvalue weighted by atomic mass is 9.56. The lowest BCUT2D eigenvalue weighted by Crippen LogP contribution is -2.64. The molecular formula is C42H56N2O7S. The summed E-state index contributed by atoms with van der Waals surface area (Å²) in [5, 5.41) is 27.7. The molecule has 6 unspecified atom stereocenters. The molecule has 0 radical (unpaired) electrons. The minimum absolute atomic E-state index is 0.0597. The predicted molar refractivity (Wildman–Crippen MR) is 206 cm³/mol. The molecule has 1 aliphatic heterocycles. The van der Waals surface area contributed by atoms with Gasteiger partial charge in [-0.3, -0.25) is 0 Å². The second-order valence-corrected chi connectivity index (χ2v) is 16.0. The van der Waals surface area contributed by atoms with Crippen LogP contribution in [0.2, 0.25) is 0 Å². The maximum atomic E-state index is 12.6. The highest BCUT2D eigenvalue weighted by atomic mass is 32.2. The van der Waals surface area contributed by atoms with Gasteiger partial charge in [-0.25, -0.2) is 4.79 Å². The van der Waals surface area contributed by atoms with Gasteiger partial charge in [0.1, 0.15) is 18.1 Å². The second-order valence-electron chi connectivity index (χ2n) is 14.5. The monoisotopic (exact) mass is 732 g/mol. The lowest BCUT2D eigenvalue weighted by molar-refractivity contribution is -0.223. The lowest BCUT2D eigenvalue weighted by Gasteiger charge is -2.58. The Balaban J connectivity index is 1.51. The predicted octanol–water partition coefficient (Wildman–Crippen LogP) is 8.30. The molecule has 6 atom stereocenters. The van der Waals surface area contributed by atoms with Gasteiger partial charge in [-0.15, -0.1) is 18.3 Å². The van der Waals surface area contributed by atoms with Crippen LogP contribution in [0.25, 0.3) is 0 Å². The van der Waals surface area contributed by atoms with Crippen molar-refractivity contribution >= 4 is 23.6 Å². The molecule has 2 saturated carbocycles. The Labute approximate surface area is 313 Å². The third-order valence-corrected chi connectivity index (χ3v) is 12.7. The summed E-state index contributed by atoms with van der Waals surface area (Å²) in [5.41, 5.74) is 4.08. The molecule has 1 amide bonds. The average molecular weight is 733 g/mol. The Bertz CT molecular complexity index is 1540. The summed E-state index contributed by atoms with van der Waals surface area (Å²) < 4.78 is 20.1. The van der Waals surface area contributed by atoms with Gasteiger partial charge in [-0.2, -0.15) is 0 Å². The van der Waals surface area contributed by atoms with Gasteiger partial charge in [0.2, 0.25) is 5.79 Å². The number of nitrogens with zero attached hydrogens (tertiary/aromatic N) is 1. The van der Waals surface area contributed by atoms with Crippen LogP contribution < -0.4 is 14.8 Å². The number of oxime groups is 1. The molecule has 2 aromatic carbocycles. The molecule has 2 aromatic rings. The number of carbonyl (C=O) groups excluding carboxylic acids is 1. The highest BCUT2D eigenvalue weighted by Crippen LogP contribution is 2.63. The van der Waals surface area contributed by atoms with Crippen molar-refractivity contribution in [1.29, 1.82) is 0 Å². The number of amides is 1. The number of thioether (sulfide) groups is 1. The second kappa shape index (κ2) is 18.6. The van der Waals surface area contributed by atoms with Gasteiger partial charge in [0.25, 0.3) is 0 Å². The van der Waals surface area contributed by atoms with E-state index in [-0.39, 0.29) is 42.1 Å². The number of nitrogens with one attached hydrogen (secondary N) is 1. The summed E-state index contributed by atoms with van der Waals surface area (Å²) in [7, 11) is 0. The molecule has 0 bridgehead atoms. The first-order valence-corrected chi connectivity index (χ1v) is 20.3. The fraction of sp³-hybridized carbons (Fsp3) is 0.571. The minimum Gasteiger partial charge on any atom is -0.460 e. The number of rotatable bonds is 18. The first kappa shape index (κ1) is 38.4. The third kappa shape index (κ3) is 8.73. The van der Waals surface area contributed by atoms with Crippen LogP contribution in [0, 0.1) is 17.8 Å². The zero-order valence-corrected chi connectivity index (χ0v) is 31.4. The maximum Gasteiger partial charge on any atom is 0.412 e. The van der Waals surface area contributed by atoms with Gasteiger partial charge < -0.3 is 34.6 Å². The fourth-order valence-corrected chi connectivity index (χ4v) is 10.6. The smallest absolute Gasteiger partial charge is 0.412 e. The van der Waals surface area contributed by atoms with Crippen LogP contribution in [0.15, 0.2) is 78.0 Å². The van der Waals surface area contributed by atoms with E-state index in [0.717, 1.165) is 66.7 Å². The molecule has 1 heterocycles. The number of ether oxygens (including phenoxy) is 3. The van der Waals surface area contributed by atoms with Crippen LogP contribution in [0.5, 0.6) is 11.5 Å². The van der Waals surface area contributed by atoms with E-state index < -0.39 is 11.9 Å². The molecule has 0 saturated heterocycles. The van der Waals surface area contributed by atoms with Gasteiger partial charge in [-0.05, 0) is 86.6 Å². The van der Waals surface area contributed by atoms with Gasteiger partial charge >= 0.3 is 6.09 Å². The number of aliphatic hydroxyl groups is 2. The van der Waals surface area contributed by atoms with Gasteiger partial charge in [-0.1, -0.05) is 73.3 Å². The van der Waals surface area contributed by atoms with Crippen molar-refractivity contribution in [2.75, 3.05) is 26.4 Å². The summed E-state index contributed by atoms with van der Waals surface area (Å²) in [5.74, 6) is 0.272. The Morgan fingerprint density at radius 1 is 1.08 bits per heavy atom. The highest BCUT2D eigenvalue weighted by molar-refractivity contribution is 8.00. The van der Waals surface area contributed by atoms with Crippen LogP contribution in [0.3, 0.4) is 0 Å². The van der Waals surface area contributed by atoms with E-state index in [1.54, 1.807) is 12.1 Å². The zero-order valence-electron chi connectivity index (χ0n) is 30.5. The van der Waals surface area contributed by atoms with Crippen LogP contribution >= 0.6 is 11.8 Å². The number of benzene rings is 2. The molecular weight excluding hydrogens is 677 g/mol. The molecule has 6 rings (SSSR count). The zero-order chi connectivity index (χ0) is 36.3. The summed E-state index contributed by atoms with van der Waals surface area (Å²) >= 11 is 1.98. The maximum absolute atomic E-state index is 12.6. The van der Waals surface area contributed by atoms with Crippen LogP contribution in [0.1, 0.15) is 94.6 Å². The topological polar surface area (TPSA) is 119 Å². The standard InChI is InChI=1S/C42H56N2O7S/c1-3-24-48-42-38(52-32-17-8-9-18-32)27-36(44-49-28-29-14-6-5-7-15-29)34-25-30(16-10-12-22-45)33(19-11-13-23-46)39(40(34)42)35-26-31(20-21-37(35)51-42)50-41(47)43-4-2/h3,5-7,14-15,20-21,25-26,30,32-33,38-40,45-46H,1,4,8-13,16-19,22-24,27-28H2,2H3,(H,43,47). The highest BCUT2D eigenvalue weighted by Gasteiger charge is 2.64. The minimum atomic E-state index is -1.00. The Morgan fingerprint density at radius 3 is 2.58 bits per heavy atom. The van der Waals surface area contributed by atoms with Crippen LogP contribution in [0.4, 0.5) is 4.79 Å². The Morgan fingerprint density at radius 2 is 1.85 bits per heavy atom. The number of fused-ring (bicyclic) bond motifs is 2. The molecule has 0 aromatic heterocycles. The molecule has 3 aliphatic carbocycles. The number of aliphatic hydroxyl groups excluding tert-OH is 2. The molecule has 52 heavy (non-hydrogen) atoms. The molecule has 10 heteroatoms. The first-order valence-electron chi connectivity index (χ1n) is 19.4.